The third kappa shape index (κ3) is 13.5. The molecule has 5 nitrogen and oxygen atoms in total. The minimum Gasteiger partial charge on any atom is -0.478 e. The second-order valence-electron chi connectivity index (χ2n) is 6.10. The van der Waals surface area contributed by atoms with Crippen LogP contribution in [0.3, 0.4) is 0 Å². The van der Waals surface area contributed by atoms with E-state index in [2.05, 4.69) is 0 Å². The second-order valence-corrected chi connectivity index (χ2v) is 6.10. The van der Waals surface area contributed by atoms with Crippen LogP contribution in [0.2, 0.25) is 0 Å². The first-order valence-corrected chi connectivity index (χ1v) is 9.61. The van der Waals surface area contributed by atoms with E-state index in [0.717, 1.165) is 22.8 Å². The highest BCUT2D eigenvalue weighted by Gasteiger charge is 1.86. The van der Waals surface area contributed by atoms with Crippen LogP contribution in [0.4, 0.5) is 0 Å². The molecule has 5 heteroatoms. The Kier molecular flexibility index (Phi) is 12.8. The summed E-state index contributed by atoms with van der Waals surface area (Å²) in [6, 6.07) is 30.5. The predicted octanol–water partition coefficient (Wildman–Crippen LogP) is 5.19. The van der Waals surface area contributed by atoms with Crippen LogP contribution in [0.25, 0.3) is 18.2 Å². The van der Waals surface area contributed by atoms with Crippen LogP contribution < -0.4 is 5.73 Å². The first-order chi connectivity index (χ1) is 15.5. The molecule has 0 aliphatic rings. The van der Waals surface area contributed by atoms with Crippen LogP contribution in [0.5, 0.6) is 0 Å². The molecule has 3 aromatic carbocycles. The minimum atomic E-state index is -0.922. The molecule has 3 aromatic rings. The summed E-state index contributed by atoms with van der Waals surface area (Å²) in [7, 11) is 0. The number of carbonyl (C=O) groups is 2. The number of rotatable bonds is 5. The Morgan fingerprint density at radius 3 is 1.41 bits per heavy atom. The Labute approximate surface area is 188 Å². The molecule has 3 N–H and O–H groups in total. The lowest BCUT2D eigenvalue weighted by atomic mass is 10.2. The van der Waals surface area contributed by atoms with E-state index in [-0.39, 0.29) is 0 Å². The molecule has 0 bridgehead atoms. The molecule has 32 heavy (non-hydrogen) atoms. The van der Waals surface area contributed by atoms with Gasteiger partial charge in [0.25, 0.3) is 0 Å². The van der Waals surface area contributed by atoms with E-state index in [4.69, 9.17) is 16.1 Å². The van der Waals surface area contributed by atoms with Crippen molar-refractivity contribution in [3.05, 3.63) is 126 Å². The van der Waals surface area contributed by atoms with Crippen LogP contribution in [0.15, 0.2) is 109 Å². The topological polar surface area (TPSA) is 104 Å². The van der Waals surface area contributed by atoms with E-state index in [1.807, 2.05) is 97.1 Å². The third-order valence-corrected chi connectivity index (χ3v) is 3.61. The highest BCUT2D eigenvalue weighted by atomic mass is 16.4. The number of carboxylic acid groups (broad SMARTS) is 1. The Morgan fingerprint density at radius 1 is 0.688 bits per heavy atom. The number of nitrogens with two attached hydrogens (primary N) is 1. The average molecular weight is 425 g/mol. The zero-order chi connectivity index (χ0) is 23.4. The summed E-state index contributed by atoms with van der Waals surface area (Å²) in [6.45, 7) is 0. The van der Waals surface area contributed by atoms with Crippen molar-refractivity contribution >= 4 is 30.1 Å². The lowest BCUT2D eigenvalue weighted by molar-refractivity contribution is -0.131. The van der Waals surface area contributed by atoms with Crippen molar-refractivity contribution in [1.29, 1.82) is 5.26 Å². The summed E-state index contributed by atoms with van der Waals surface area (Å²) in [4.78, 5) is 20.4. The quantitative estimate of drug-likeness (QED) is 0.434. The van der Waals surface area contributed by atoms with E-state index in [0.29, 0.717) is 0 Å². The lowest BCUT2D eigenvalue weighted by Gasteiger charge is -1.88. The van der Waals surface area contributed by atoms with Crippen molar-refractivity contribution in [2.75, 3.05) is 0 Å². The molecular formula is C27H24N2O3. The van der Waals surface area contributed by atoms with E-state index < -0.39 is 11.9 Å². The fourth-order valence-electron chi connectivity index (χ4n) is 2.17. The molecule has 0 aliphatic heterocycles. The van der Waals surface area contributed by atoms with Crippen LogP contribution in [-0.4, -0.2) is 17.0 Å². The number of amides is 1. The smallest absolute Gasteiger partial charge is 0.328 e. The normalized spacial score (nSPS) is 9.97. The number of primary amides is 1. The highest BCUT2D eigenvalue weighted by Crippen LogP contribution is 2.01. The molecule has 3 rings (SSSR count). The van der Waals surface area contributed by atoms with E-state index >= 15 is 0 Å². The van der Waals surface area contributed by atoms with Crippen LogP contribution in [0, 0.1) is 11.3 Å². The number of hydrogen-bond acceptors (Lipinski definition) is 3. The van der Waals surface area contributed by atoms with Gasteiger partial charge in [0.05, 0.1) is 6.07 Å². The molecule has 160 valence electrons. The maximum Gasteiger partial charge on any atom is 0.328 e. The molecule has 0 aromatic heterocycles. The largest absolute Gasteiger partial charge is 0.478 e. The van der Waals surface area contributed by atoms with Crippen molar-refractivity contribution in [2.24, 2.45) is 5.73 Å². The third-order valence-electron chi connectivity index (χ3n) is 3.61. The van der Waals surface area contributed by atoms with Crippen LogP contribution in [-0.2, 0) is 9.59 Å². The lowest BCUT2D eigenvalue weighted by Crippen LogP contribution is -2.04. The van der Waals surface area contributed by atoms with E-state index in [9.17, 15) is 9.59 Å². The molecule has 0 radical (unpaired) electrons. The highest BCUT2D eigenvalue weighted by molar-refractivity contribution is 5.90. The first kappa shape index (κ1) is 25.3. The SMILES string of the molecule is N#C/C=C/c1ccccc1.NC(=O)/C=C/c1ccccc1.O=C(O)/C=C/c1ccccc1. The number of nitrogens with zero attached hydrogens (tertiary/aromatic N) is 1. The van der Waals surface area contributed by atoms with Gasteiger partial charge in [-0.05, 0) is 34.9 Å². The second kappa shape index (κ2) is 16.1. The Morgan fingerprint density at radius 2 is 1.06 bits per heavy atom. The summed E-state index contributed by atoms with van der Waals surface area (Å²) in [5.74, 6) is -1.34. The molecule has 1 amide bonds. The van der Waals surface area contributed by atoms with Gasteiger partial charge < -0.3 is 10.8 Å². The van der Waals surface area contributed by atoms with E-state index in [1.54, 1.807) is 18.2 Å². The van der Waals surface area contributed by atoms with Gasteiger partial charge in [-0.25, -0.2) is 4.79 Å². The predicted molar refractivity (Wildman–Crippen MR) is 129 cm³/mol. The number of allylic oxidation sites excluding steroid dienone is 1. The first-order valence-electron chi connectivity index (χ1n) is 9.61. The average Bonchev–Trinajstić information content (AvgIpc) is 2.83. The van der Waals surface area contributed by atoms with Crippen molar-refractivity contribution in [3.8, 4) is 6.07 Å². The molecule has 0 spiro atoms. The van der Waals surface area contributed by atoms with Gasteiger partial charge in [-0.1, -0.05) is 91.0 Å². The van der Waals surface area contributed by atoms with Gasteiger partial charge in [-0.3, -0.25) is 4.79 Å². The zero-order valence-electron chi connectivity index (χ0n) is 17.4. The van der Waals surface area contributed by atoms with Gasteiger partial charge in [0.2, 0.25) is 5.91 Å². The Bertz CT molecular complexity index is 1010. The number of nitriles is 1. The Balaban J connectivity index is 0.000000240. The fourth-order valence-corrected chi connectivity index (χ4v) is 2.17. The summed E-state index contributed by atoms with van der Waals surface area (Å²) in [6.07, 6.45) is 8.95. The van der Waals surface area contributed by atoms with Gasteiger partial charge in [0.15, 0.2) is 0 Å². The van der Waals surface area contributed by atoms with Crippen molar-refractivity contribution in [1.82, 2.24) is 0 Å². The monoisotopic (exact) mass is 424 g/mol. The van der Waals surface area contributed by atoms with Gasteiger partial charge in [0, 0.05) is 18.2 Å². The van der Waals surface area contributed by atoms with Crippen LogP contribution in [0.1, 0.15) is 16.7 Å². The van der Waals surface area contributed by atoms with E-state index in [1.165, 1.54) is 12.2 Å². The van der Waals surface area contributed by atoms with Crippen molar-refractivity contribution in [3.63, 3.8) is 0 Å². The molecule has 0 saturated carbocycles. The maximum absolute atomic E-state index is 10.3. The summed E-state index contributed by atoms with van der Waals surface area (Å²) in [5.41, 5.74) is 7.85. The van der Waals surface area contributed by atoms with Crippen molar-refractivity contribution < 1.29 is 14.7 Å². The molecule has 0 unspecified atom stereocenters. The summed E-state index contributed by atoms with van der Waals surface area (Å²) < 4.78 is 0. The van der Waals surface area contributed by atoms with Gasteiger partial charge in [-0.2, -0.15) is 5.26 Å². The summed E-state index contributed by atoms with van der Waals surface area (Å²) >= 11 is 0. The van der Waals surface area contributed by atoms with Crippen LogP contribution >= 0.6 is 0 Å². The molecular weight excluding hydrogens is 400 g/mol. The zero-order valence-corrected chi connectivity index (χ0v) is 17.4. The molecule has 0 saturated heterocycles. The Hall–Kier alpha value is -4.69. The van der Waals surface area contributed by atoms with Crippen molar-refractivity contribution in [2.45, 2.75) is 0 Å². The number of benzene rings is 3. The molecule has 0 atom stereocenters. The number of hydrogen-bond donors (Lipinski definition) is 2. The molecule has 0 heterocycles. The van der Waals surface area contributed by atoms with Gasteiger partial charge in [-0.15, -0.1) is 0 Å². The number of aliphatic carboxylic acids is 1. The number of carboxylic acids is 1. The fraction of sp³-hybridized carbons (Fsp3) is 0. The molecule has 0 aliphatic carbocycles. The summed E-state index contributed by atoms with van der Waals surface area (Å²) in [5, 5.41) is 16.5. The molecule has 0 fully saturated rings. The van der Waals surface area contributed by atoms with Gasteiger partial charge >= 0.3 is 5.97 Å². The van der Waals surface area contributed by atoms with Gasteiger partial charge in [0.1, 0.15) is 0 Å². The minimum absolute atomic E-state index is 0.422. The standard InChI is InChI=1S/C9H9NO.C9H7N.C9H8O2/c10-9(11)7-6-8-4-2-1-3-5-8;10-8-4-7-9-5-2-1-3-6-9;10-9(11)7-6-8-4-2-1-3-5-8/h1-7H,(H2,10,11);1-7H;1-7H,(H,10,11)/b7-6+;7-4+;7-6+. The maximum atomic E-state index is 10.3. The number of carbonyl (C=O) groups excluding carboxylic acids is 1.